The fourth-order valence-corrected chi connectivity index (χ4v) is 2.46. The third-order valence-corrected chi connectivity index (χ3v) is 4.13. The van der Waals surface area contributed by atoms with Crippen LogP contribution in [0.25, 0.3) is 0 Å². The molecule has 2 aromatic heterocycles. The molecule has 0 bridgehead atoms. The first-order valence-electron chi connectivity index (χ1n) is 8.29. The van der Waals surface area contributed by atoms with Crippen LogP contribution in [0.1, 0.15) is 15.9 Å². The summed E-state index contributed by atoms with van der Waals surface area (Å²) in [6, 6.07) is 11.6. The van der Waals surface area contributed by atoms with E-state index in [1.807, 2.05) is 0 Å². The summed E-state index contributed by atoms with van der Waals surface area (Å²) in [4.78, 5) is 32.5. The van der Waals surface area contributed by atoms with Crippen molar-refractivity contribution in [3.63, 3.8) is 0 Å². The van der Waals surface area contributed by atoms with Gasteiger partial charge in [-0.3, -0.25) is 9.78 Å². The van der Waals surface area contributed by atoms with Gasteiger partial charge >= 0.3 is 5.97 Å². The predicted molar refractivity (Wildman–Crippen MR) is 104 cm³/mol. The van der Waals surface area contributed by atoms with E-state index in [1.165, 1.54) is 18.5 Å². The Morgan fingerprint density at radius 1 is 1.11 bits per heavy atom. The first-order chi connectivity index (χ1) is 13.5. The van der Waals surface area contributed by atoms with Crippen molar-refractivity contribution in [1.82, 2.24) is 9.97 Å². The number of rotatable bonds is 6. The zero-order valence-corrected chi connectivity index (χ0v) is 15.6. The van der Waals surface area contributed by atoms with Crippen molar-refractivity contribution in [3.8, 4) is 11.6 Å². The zero-order valence-electron chi connectivity index (χ0n) is 14.9. The summed E-state index contributed by atoms with van der Waals surface area (Å²) in [6.45, 7) is 1.31. The van der Waals surface area contributed by atoms with Gasteiger partial charge in [0.1, 0.15) is 11.3 Å². The summed E-state index contributed by atoms with van der Waals surface area (Å²) in [5.74, 6) is -0.738. The van der Waals surface area contributed by atoms with Gasteiger partial charge in [0.25, 0.3) is 5.91 Å². The van der Waals surface area contributed by atoms with Crippen molar-refractivity contribution in [3.05, 3.63) is 77.2 Å². The Morgan fingerprint density at radius 3 is 2.71 bits per heavy atom. The minimum absolute atomic E-state index is 0.0617. The molecular weight excluding hydrogens is 382 g/mol. The Labute approximate surface area is 166 Å². The number of carbonyl (C=O) groups is 2. The highest BCUT2D eigenvalue weighted by atomic mass is 35.5. The third-order valence-electron chi connectivity index (χ3n) is 3.72. The molecule has 0 saturated carbocycles. The van der Waals surface area contributed by atoms with Gasteiger partial charge in [-0.2, -0.15) is 0 Å². The molecule has 8 heteroatoms. The fraction of sp³-hybridized carbons (Fsp3) is 0.100. The highest BCUT2D eigenvalue weighted by Crippen LogP contribution is 2.24. The number of nitrogens with zero attached hydrogens (tertiary/aromatic N) is 2. The summed E-state index contributed by atoms with van der Waals surface area (Å²) in [7, 11) is 0. The molecule has 1 amide bonds. The highest BCUT2D eigenvalue weighted by Gasteiger charge is 2.17. The van der Waals surface area contributed by atoms with E-state index >= 15 is 0 Å². The first kappa shape index (κ1) is 19.3. The number of anilines is 1. The van der Waals surface area contributed by atoms with E-state index in [4.69, 9.17) is 21.1 Å². The summed E-state index contributed by atoms with van der Waals surface area (Å²) < 4.78 is 10.7. The number of amides is 1. The molecule has 2 heterocycles. The number of pyridine rings is 2. The van der Waals surface area contributed by atoms with Crippen molar-refractivity contribution >= 4 is 29.2 Å². The molecule has 0 fully saturated rings. The molecular formula is C20H16ClN3O4. The van der Waals surface area contributed by atoms with Crippen LogP contribution in [0.4, 0.5) is 5.69 Å². The molecule has 1 N–H and O–H groups in total. The normalized spacial score (nSPS) is 10.2. The second kappa shape index (κ2) is 8.96. The zero-order chi connectivity index (χ0) is 19.9. The monoisotopic (exact) mass is 397 g/mol. The van der Waals surface area contributed by atoms with Gasteiger partial charge in [0.2, 0.25) is 5.88 Å². The van der Waals surface area contributed by atoms with Crippen LogP contribution in [0, 0.1) is 6.92 Å². The van der Waals surface area contributed by atoms with E-state index in [9.17, 15) is 9.59 Å². The number of aromatic nitrogens is 2. The molecule has 142 valence electrons. The first-order valence-corrected chi connectivity index (χ1v) is 8.67. The second-order valence-corrected chi connectivity index (χ2v) is 6.09. The largest absolute Gasteiger partial charge is 0.452 e. The number of benzene rings is 1. The van der Waals surface area contributed by atoms with Gasteiger partial charge in [0.05, 0.1) is 6.20 Å². The maximum absolute atomic E-state index is 12.4. The molecule has 3 rings (SSSR count). The Kier molecular flexibility index (Phi) is 6.18. The molecule has 0 unspecified atom stereocenters. The molecule has 3 aromatic rings. The molecule has 0 aliphatic heterocycles. The standard InChI is InChI=1S/C20H16ClN3O4/c1-13-16(21)7-2-8-17(13)24-18(25)12-27-20(26)15-6-4-10-23-19(15)28-14-5-3-9-22-11-14/h2-11H,12H2,1H3,(H,24,25). The van der Waals surface area contributed by atoms with Crippen LogP contribution in [0.5, 0.6) is 11.6 Å². The van der Waals surface area contributed by atoms with Crippen LogP contribution < -0.4 is 10.1 Å². The molecule has 0 aliphatic rings. The number of ether oxygens (including phenoxy) is 2. The van der Waals surface area contributed by atoms with E-state index in [0.29, 0.717) is 16.5 Å². The molecule has 0 saturated heterocycles. The maximum Gasteiger partial charge on any atom is 0.344 e. The van der Waals surface area contributed by atoms with Gasteiger partial charge < -0.3 is 14.8 Å². The van der Waals surface area contributed by atoms with E-state index in [-0.39, 0.29) is 11.4 Å². The number of carbonyl (C=O) groups excluding carboxylic acids is 2. The number of hydrogen-bond donors (Lipinski definition) is 1. The fourth-order valence-electron chi connectivity index (χ4n) is 2.28. The topological polar surface area (TPSA) is 90.4 Å². The average molecular weight is 398 g/mol. The average Bonchev–Trinajstić information content (AvgIpc) is 2.71. The predicted octanol–water partition coefficient (Wildman–Crippen LogP) is 4.03. The second-order valence-electron chi connectivity index (χ2n) is 5.68. The molecule has 0 aliphatic carbocycles. The molecule has 28 heavy (non-hydrogen) atoms. The van der Waals surface area contributed by atoms with E-state index in [1.54, 1.807) is 49.5 Å². The van der Waals surface area contributed by atoms with Gasteiger partial charge in [-0.05, 0) is 48.9 Å². The lowest BCUT2D eigenvalue weighted by Crippen LogP contribution is -2.21. The van der Waals surface area contributed by atoms with Crippen LogP contribution in [0.3, 0.4) is 0 Å². The Balaban J connectivity index is 1.63. The van der Waals surface area contributed by atoms with Crippen molar-refractivity contribution in [1.29, 1.82) is 0 Å². The minimum atomic E-state index is -0.732. The quantitative estimate of drug-likeness (QED) is 0.631. The van der Waals surface area contributed by atoms with Gasteiger partial charge in [-0.15, -0.1) is 0 Å². The summed E-state index contributed by atoms with van der Waals surface area (Å²) in [5, 5.41) is 3.19. The highest BCUT2D eigenvalue weighted by molar-refractivity contribution is 6.31. The summed E-state index contributed by atoms with van der Waals surface area (Å²) in [5.41, 5.74) is 1.37. The SMILES string of the molecule is Cc1c(Cl)cccc1NC(=O)COC(=O)c1cccnc1Oc1cccnc1. The molecule has 0 spiro atoms. The van der Waals surface area contributed by atoms with Crippen molar-refractivity contribution in [2.75, 3.05) is 11.9 Å². The lowest BCUT2D eigenvalue weighted by molar-refractivity contribution is -0.119. The van der Waals surface area contributed by atoms with Gasteiger partial charge in [-0.1, -0.05) is 17.7 Å². The smallest absolute Gasteiger partial charge is 0.344 e. The Bertz CT molecular complexity index is 996. The van der Waals surface area contributed by atoms with Crippen LogP contribution in [0.2, 0.25) is 5.02 Å². The maximum atomic E-state index is 12.4. The summed E-state index contributed by atoms with van der Waals surface area (Å²) in [6.07, 6.45) is 4.57. The van der Waals surface area contributed by atoms with Crippen LogP contribution >= 0.6 is 11.6 Å². The molecule has 1 aromatic carbocycles. The number of nitrogens with one attached hydrogen (secondary N) is 1. The van der Waals surface area contributed by atoms with E-state index in [2.05, 4.69) is 15.3 Å². The molecule has 7 nitrogen and oxygen atoms in total. The van der Waals surface area contributed by atoms with Crippen LogP contribution in [-0.4, -0.2) is 28.5 Å². The van der Waals surface area contributed by atoms with Crippen LogP contribution in [0.15, 0.2) is 61.1 Å². The Hall–Kier alpha value is -3.45. The van der Waals surface area contributed by atoms with Crippen LogP contribution in [-0.2, 0) is 9.53 Å². The van der Waals surface area contributed by atoms with Gasteiger partial charge in [0, 0.05) is 23.1 Å². The minimum Gasteiger partial charge on any atom is -0.452 e. The third kappa shape index (κ3) is 4.83. The van der Waals surface area contributed by atoms with Crippen molar-refractivity contribution < 1.29 is 19.1 Å². The van der Waals surface area contributed by atoms with Crippen molar-refractivity contribution in [2.45, 2.75) is 6.92 Å². The van der Waals surface area contributed by atoms with Gasteiger partial charge in [0.15, 0.2) is 6.61 Å². The molecule has 0 atom stereocenters. The lowest BCUT2D eigenvalue weighted by Gasteiger charge is -2.11. The van der Waals surface area contributed by atoms with E-state index < -0.39 is 18.5 Å². The summed E-state index contributed by atoms with van der Waals surface area (Å²) >= 11 is 6.03. The van der Waals surface area contributed by atoms with Gasteiger partial charge in [-0.25, -0.2) is 9.78 Å². The molecule has 0 radical (unpaired) electrons. The van der Waals surface area contributed by atoms with E-state index in [0.717, 1.165) is 5.56 Å². The lowest BCUT2D eigenvalue weighted by atomic mass is 10.2. The Morgan fingerprint density at radius 2 is 1.93 bits per heavy atom. The number of esters is 1. The van der Waals surface area contributed by atoms with Crippen molar-refractivity contribution in [2.24, 2.45) is 0 Å². The number of halogens is 1. The number of hydrogen-bond acceptors (Lipinski definition) is 6.